The van der Waals surface area contributed by atoms with Crippen molar-refractivity contribution in [3.63, 3.8) is 0 Å². The van der Waals surface area contributed by atoms with Crippen LogP contribution in [0, 0.1) is 6.07 Å². The summed E-state index contributed by atoms with van der Waals surface area (Å²) in [5, 5.41) is 9.19. The first-order valence-electron chi connectivity index (χ1n) is 3.53. The summed E-state index contributed by atoms with van der Waals surface area (Å²) in [6.07, 6.45) is 1.99. The van der Waals surface area contributed by atoms with Crippen molar-refractivity contribution in [1.29, 1.82) is 0 Å². The molecule has 0 saturated carbocycles. The fraction of sp³-hybridized carbons (Fsp3) is 0.333. The van der Waals surface area contributed by atoms with Gasteiger partial charge in [-0.3, -0.25) is 0 Å². The zero-order valence-corrected chi connectivity index (χ0v) is 6.09. The lowest BCUT2D eigenvalue weighted by molar-refractivity contribution is 0.466. The molecule has 1 aromatic rings. The summed E-state index contributed by atoms with van der Waals surface area (Å²) >= 11 is 0. The molecule has 0 atom stereocenters. The van der Waals surface area contributed by atoms with E-state index in [0.717, 1.165) is 18.4 Å². The Morgan fingerprint density at radius 1 is 1.60 bits per heavy atom. The second-order valence-electron chi connectivity index (χ2n) is 2.29. The molecule has 0 amide bonds. The van der Waals surface area contributed by atoms with E-state index >= 15 is 0 Å². The van der Waals surface area contributed by atoms with E-state index in [1.807, 2.05) is 12.1 Å². The van der Waals surface area contributed by atoms with Gasteiger partial charge in [-0.2, -0.15) is 0 Å². The topological polar surface area (TPSA) is 20.2 Å². The lowest BCUT2D eigenvalue weighted by Crippen LogP contribution is -1.82. The Hall–Kier alpha value is -0.980. The van der Waals surface area contributed by atoms with Crippen LogP contribution in [0.1, 0.15) is 18.9 Å². The highest BCUT2D eigenvalue weighted by molar-refractivity contribution is 5.30. The van der Waals surface area contributed by atoms with Crippen molar-refractivity contribution in [2.24, 2.45) is 0 Å². The molecule has 0 unspecified atom stereocenters. The van der Waals surface area contributed by atoms with Gasteiger partial charge in [-0.1, -0.05) is 31.5 Å². The van der Waals surface area contributed by atoms with Gasteiger partial charge in [0.05, 0.1) is 0 Å². The van der Waals surface area contributed by atoms with E-state index in [4.69, 9.17) is 0 Å². The minimum Gasteiger partial charge on any atom is -0.507 e. The van der Waals surface area contributed by atoms with Crippen LogP contribution in [0.2, 0.25) is 0 Å². The monoisotopic (exact) mass is 135 g/mol. The molecule has 1 nitrogen and oxygen atoms in total. The third-order valence-electron chi connectivity index (χ3n) is 1.44. The summed E-state index contributed by atoms with van der Waals surface area (Å²) < 4.78 is 0. The minimum atomic E-state index is 0.296. The van der Waals surface area contributed by atoms with Crippen molar-refractivity contribution >= 4 is 0 Å². The Morgan fingerprint density at radius 3 is 3.00 bits per heavy atom. The van der Waals surface area contributed by atoms with Gasteiger partial charge < -0.3 is 5.11 Å². The molecule has 0 bridgehead atoms. The fourth-order valence-electron chi connectivity index (χ4n) is 0.934. The predicted octanol–water partition coefficient (Wildman–Crippen LogP) is 2.14. The largest absolute Gasteiger partial charge is 0.507 e. The van der Waals surface area contributed by atoms with Crippen molar-refractivity contribution in [2.45, 2.75) is 19.8 Å². The molecule has 0 aromatic heterocycles. The molecular weight excluding hydrogens is 124 g/mol. The van der Waals surface area contributed by atoms with Crippen LogP contribution in [-0.4, -0.2) is 5.11 Å². The number of aromatic hydroxyl groups is 1. The summed E-state index contributed by atoms with van der Waals surface area (Å²) in [5.41, 5.74) is 0.991. The molecule has 10 heavy (non-hydrogen) atoms. The Kier molecular flexibility index (Phi) is 2.32. The van der Waals surface area contributed by atoms with Gasteiger partial charge in [-0.25, -0.2) is 0 Å². The molecule has 0 fully saturated rings. The molecule has 1 N–H and O–H groups in total. The van der Waals surface area contributed by atoms with Crippen LogP contribution < -0.4 is 0 Å². The van der Waals surface area contributed by atoms with Crippen LogP contribution in [0.3, 0.4) is 0 Å². The van der Waals surface area contributed by atoms with Crippen LogP contribution >= 0.6 is 0 Å². The van der Waals surface area contributed by atoms with Crippen LogP contribution in [0.5, 0.6) is 5.75 Å². The molecule has 1 radical (unpaired) electrons. The minimum absolute atomic E-state index is 0.296. The van der Waals surface area contributed by atoms with Crippen molar-refractivity contribution in [2.75, 3.05) is 0 Å². The average molecular weight is 135 g/mol. The first kappa shape index (κ1) is 7.13. The zero-order chi connectivity index (χ0) is 7.40. The van der Waals surface area contributed by atoms with Crippen molar-refractivity contribution in [3.05, 3.63) is 29.8 Å². The Morgan fingerprint density at radius 2 is 2.40 bits per heavy atom. The maximum Gasteiger partial charge on any atom is 0.126 e. The summed E-state index contributed by atoms with van der Waals surface area (Å²) in [7, 11) is 0. The molecular formula is C9H11O. The number of para-hydroxylation sites is 1. The normalized spacial score (nSPS) is 9.70. The van der Waals surface area contributed by atoms with Gasteiger partial charge in [0, 0.05) is 6.07 Å². The first-order chi connectivity index (χ1) is 4.84. The van der Waals surface area contributed by atoms with Gasteiger partial charge in [0.1, 0.15) is 5.75 Å². The van der Waals surface area contributed by atoms with E-state index in [1.165, 1.54) is 0 Å². The standard InChI is InChI=1S/C9H11O/c1-2-5-8-6-3-4-7-9(8)10/h3-4,6,10H,2,5H2,1H3. The Labute approximate surface area is 61.3 Å². The van der Waals surface area contributed by atoms with Crippen LogP contribution in [0.15, 0.2) is 18.2 Å². The number of phenolic OH excluding ortho intramolecular Hbond substituents is 1. The van der Waals surface area contributed by atoms with Crippen molar-refractivity contribution in [1.82, 2.24) is 0 Å². The lowest BCUT2D eigenvalue weighted by atomic mass is 10.1. The second kappa shape index (κ2) is 3.25. The van der Waals surface area contributed by atoms with Crippen molar-refractivity contribution < 1.29 is 5.11 Å². The zero-order valence-electron chi connectivity index (χ0n) is 6.09. The maximum atomic E-state index is 9.19. The summed E-state index contributed by atoms with van der Waals surface area (Å²) in [6, 6.07) is 8.28. The predicted molar refractivity (Wildman–Crippen MR) is 40.9 cm³/mol. The average Bonchev–Trinajstić information content (AvgIpc) is 1.94. The third kappa shape index (κ3) is 1.50. The molecule has 0 aliphatic carbocycles. The molecule has 0 spiro atoms. The molecule has 53 valence electrons. The van der Waals surface area contributed by atoms with E-state index in [-0.39, 0.29) is 0 Å². The smallest absolute Gasteiger partial charge is 0.126 e. The van der Waals surface area contributed by atoms with Gasteiger partial charge >= 0.3 is 0 Å². The summed E-state index contributed by atoms with van der Waals surface area (Å²) in [6.45, 7) is 2.09. The Bertz CT molecular complexity index is 206. The summed E-state index contributed by atoms with van der Waals surface area (Å²) in [5.74, 6) is 0.296. The number of hydrogen-bond acceptors (Lipinski definition) is 1. The van der Waals surface area contributed by atoms with E-state index in [9.17, 15) is 5.11 Å². The van der Waals surface area contributed by atoms with E-state index < -0.39 is 0 Å². The SMILES string of the molecule is CCCc1ccc[c]c1O. The van der Waals surface area contributed by atoms with Gasteiger partial charge in [-0.15, -0.1) is 0 Å². The maximum absolute atomic E-state index is 9.19. The molecule has 0 aliphatic heterocycles. The number of phenols is 1. The molecule has 1 heteroatoms. The van der Waals surface area contributed by atoms with Gasteiger partial charge in [0.2, 0.25) is 0 Å². The van der Waals surface area contributed by atoms with E-state index in [1.54, 1.807) is 6.07 Å². The quantitative estimate of drug-likeness (QED) is 0.658. The first-order valence-corrected chi connectivity index (χ1v) is 3.53. The van der Waals surface area contributed by atoms with E-state index in [2.05, 4.69) is 13.0 Å². The van der Waals surface area contributed by atoms with Crippen LogP contribution in [0.4, 0.5) is 0 Å². The van der Waals surface area contributed by atoms with E-state index in [0.29, 0.717) is 5.75 Å². The molecule has 1 aromatic carbocycles. The highest BCUT2D eigenvalue weighted by Crippen LogP contribution is 2.15. The highest BCUT2D eigenvalue weighted by Gasteiger charge is 1.95. The number of hydrogen-bond donors (Lipinski definition) is 1. The fourth-order valence-corrected chi connectivity index (χ4v) is 0.934. The number of aryl methyl sites for hydroxylation is 1. The molecule has 0 saturated heterocycles. The van der Waals surface area contributed by atoms with Crippen LogP contribution in [-0.2, 0) is 6.42 Å². The van der Waals surface area contributed by atoms with Gasteiger partial charge in [-0.05, 0) is 12.0 Å². The van der Waals surface area contributed by atoms with Crippen molar-refractivity contribution in [3.8, 4) is 5.75 Å². The molecule has 0 aliphatic rings. The number of rotatable bonds is 2. The number of benzene rings is 1. The summed E-state index contributed by atoms with van der Waals surface area (Å²) in [4.78, 5) is 0. The molecule has 0 heterocycles. The highest BCUT2D eigenvalue weighted by atomic mass is 16.3. The lowest BCUT2D eigenvalue weighted by Gasteiger charge is -1.99. The second-order valence-corrected chi connectivity index (χ2v) is 2.29. The molecule has 1 rings (SSSR count). The Balaban J connectivity index is 2.81. The third-order valence-corrected chi connectivity index (χ3v) is 1.44. The van der Waals surface area contributed by atoms with Gasteiger partial charge in [0.25, 0.3) is 0 Å². The van der Waals surface area contributed by atoms with Gasteiger partial charge in [0.15, 0.2) is 0 Å². The van der Waals surface area contributed by atoms with Crippen LogP contribution in [0.25, 0.3) is 0 Å².